The van der Waals surface area contributed by atoms with Crippen LogP contribution in [0.4, 0.5) is 10.1 Å². The molecule has 1 aromatic carbocycles. The van der Waals surface area contributed by atoms with Gasteiger partial charge in [0.25, 0.3) is 0 Å². The number of carbonyl (C=O) groups is 2. The lowest BCUT2D eigenvalue weighted by Crippen LogP contribution is -2.07. The number of anilines is 1. The van der Waals surface area contributed by atoms with Crippen LogP contribution >= 0.6 is 0 Å². The van der Waals surface area contributed by atoms with Crippen LogP contribution in [0.1, 0.15) is 12.5 Å². The summed E-state index contributed by atoms with van der Waals surface area (Å²) in [5.74, 6) is -1.95. The number of rotatable bonds is 3. The van der Waals surface area contributed by atoms with Gasteiger partial charge in [0.05, 0.1) is 0 Å². The Morgan fingerprint density at radius 2 is 2.12 bits per heavy atom. The SMILES string of the molecule is CC(=O)Nc1ccc(F)cc1C=CC(=O)O. The van der Waals surface area contributed by atoms with Crippen molar-refractivity contribution in [1.29, 1.82) is 0 Å². The molecular formula is C11H10FNO3. The van der Waals surface area contributed by atoms with Gasteiger partial charge in [0.15, 0.2) is 0 Å². The maximum Gasteiger partial charge on any atom is 0.328 e. The number of amides is 1. The second-order valence-electron chi connectivity index (χ2n) is 3.08. The molecule has 0 unspecified atom stereocenters. The summed E-state index contributed by atoms with van der Waals surface area (Å²) in [5, 5.41) is 10.9. The topological polar surface area (TPSA) is 66.4 Å². The highest BCUT2D eigenvalue weighted by molar-refractivity contribution is 5.93. The largest absolute Gasteiger partial charge is 0.478 e. The second kappa shape index (κ2) is 5.06. The minimum atomic E-state index is -1.14. The molecule has 0 saturated carbocycles. The minimum Gasteiger partial charge on any atom is -0.478 e. The third kappa shape index (κ3) is 3.53. The highest BCUT2D eigenvalue weighted by Gasteiger charge is 2.03. The molecule has 0 heterocycles. The first-order valence-electron chi connectivity index (χ1n) is 4.47. The Kier molecular flexibility index (Phi) is 3.77. The van der Waals surface area contributed by atoms with Gasteiger partial charge < -0.3 is 10.4 Å². The van der Waals surface area contributed by atoms with Gasteiger partial charge in [0.2, 0.25) is 5.91 Å². The molecule has 0 saturated heterocycles. The van der Waals surface area contributed by atoms with Crippen molar-refractivity contribution in [3.63, 3.8) is 0 Å². The van der Waals surface area contributed by atoms with E-state index in [9.17, 15) is 14.0 Å². The Hall–Kier alpha value is -2.17. The minimum absolute atomic E-state index is 0.303. The summed E-state index contributed by atoms with van der Waals surface area (Å²) in [6.45, 7) is 1.31. The zero-order valence-electron chi connectivity index (χ0n) is 8.53. The van der Waals surface area contributed by atoms with Crippen LogP contribution in [0.2, 0.25) is 0 Å². The summed E-state index contributed by atoms with van der Waals surface area (Å²) in [6.07, 6.45) is 2.09. The number of halogens is 1. The van der Waals surface area contributed by atoms with Crippen LogP contribution in [0.25, 0.3) is 6.08 Å². The van der Waals surface area contributed by atoms with Crippen molar-refractivity contribution in [1.82, 2.24) is 0 Å². The molecule has 2 N–H and O–H groups in total. The molecule has 0 atom stereocenters. The number of carbonyl (C=O) groups excluding carboxylic acids is 1. The number of aliphatic carboxylic acids is 1. The van der Waals surface area contributed by atoms with Gasteiger partial charge in [0, 0.05) is 24.3 Å². The first-order valence-corrected chi connectivity index (χ1v) is 4.47. The summed E-state index contributed by atoms with van der Waals surface area (Å²) in [6, 6.07) is 3.70. The second-order valence-corrected chi connectivity index (χ2v) is 3.08. The molecule has 0 fully saturated rings. The molecule has 0 spiro atoms. The zero-order valence-corrected chi connectivity index (χ0v) is 8.53. The Morgan fingerprint density at radius 3 is 2.69 bits per heavy atom. The fourth-order valence-electron chi connectivity index (χ4n) is 1.14. The third-order valence-corrected chi connectivity index (χ3v) is 1.73. The number of hydrogen-bond donors (Lipinski definition) is 2. The molecule has 84 valence electrons. The van der Waals surface area contributed by atoms with Gasteiger partial charge in [-0.3, -0.25) is 4.79 Å². The lowest BCUT2D eigenvalue weighted by Gasteiger charge is -2.06. The normalized spacial score (nSPS) is 10.4. The maximum atomic E-state index is 12.9. The van der Waals surface area contributed by atoms with Gasteiger partial charge in [0.1, 0.15) is 5.82 Å². The summed E-state index contributed by atoms with van der Waals surface area (Å²) in [5.41, 5.74) is 0.670. The Balaban J connectivity index is 3.07. The third-order valence-electron chi connectivity index (χ3n) is 1.73. The smallest absolute Gasteiger partial charge is 0.328 e. The van der Waals surface area contributed by atoms with Crippen molar-refractivity contribution < 1.29 is 19.1 Å². The van der Waals surface area contributed by atoms with Crippen molar-refractivity contribution in [3.05, 3.63) is 35.7 Å². The number of carboxylic acids is 1. The van der Waals surface area contributed by atoms with Crippen LogP contribution in [-0.4, -0.2) is 17.0 Å². The maximum absolute atomic E-state index is 12.9. The van der Waals surface area contributed by atoms with Crippen molar-refractivity contribution in [3.8, 4) is 0 Å². The summed E-state index contributed by atoms with van der Waals surface area (Å²) in [7, 11) is 0. The van der Waals surface area contributed by atoms with Crippen molar-refractivity contribution in [2.45, 2.75) is 6.92 Å². The van der Waals surface area contributed by atoms with Crippen LogP contribution < -0.4 is 5.32 Å². The van der Waals surface area contributed by atoms with Gasteiger partial charge in [-0.05, 0) is 24.3 Å². The van der Waals surface area contributed by atoms with E-state index in [-0.39, 0.29) is 5.91 Å². The zero-order chi connectivity index (χ0) is 12.1. The molecule has 1 amide bonds. The molecule has 0 aliphatic rings. The average Bonchev–Trinajstić information content (AvgIpc) is 2.17. The first-order chi connectivity index (χ1) is 7.49. The Bertz CT molecular complexity index is 455. The Labute approximate surface area is 91.4 Å². The van der Waals surface area contributed by atoms with E-state index in [0.717, 1.165) is 12.1 Å². The summed E-state index contributed by atoms with van der Waals surface area (Å²) in [4.78, 5) is 21.2. The first kappa shape index (κ1) is 11.9. The molecule has 0 bridgehead atoms. The van der Waals surface area contributed by atoms with Crippen LogP contribution in [0.5, 0.6) is 0 Å². The van der Waals surface area contributed by atoms with E-state index in [1.807, 2.05) is 0 Å². The summed E-state index contributed by atoms with van der Waals surface area (Å²) < 4.78 is 12.9. The highest BCUT2D eigenvalue weighted by Crippen LogP contribution is 2.18. The molecule has 16 heavy (non-hydrogen) atoms. The highest BCUT2D eigenvalue weighted by atomic mass is 19.1. The van der Waals surface area contributed by atoms with Gasteiger partial charge >= 0.3 is 5.97 Å². The van der Waals surface area contributed by atoms with Crippen LogP contribution in [0, 0.1) is 5.82 Å². The quantitative estimate of drug-likeness (QED) is 0.769. The standard InChI is InChI=1S/C11H10FNO3/c1-7(14)13-10-4-3-9(12)6-8(10)2-5-11(15)16/h2-6H,1H3,(H,13,14)(H,15,16). The van der Waals surface area contributed by atoms with Crippen LogP contribution in [-0.2, 0) is 9.59 Å². The van der Waals surface area contributed by atoms with Crippen molar-refractivity contribution in [2.75, 3.05) is 5.32 Å². The number of carboxylic acid groups (broad SMARTS) is 1. The molecular weight excluding hydrogens is 213 g/mol. The Morgan fingerprint density at radius 1 is 1.44 bits per heavy atom. The molecule has 0 aliphatic heterocycles. The number of benzene rings is 1. The van der Waals surface area contributed by atoms with Gasteiger partial charge in [-0.1, -0.05) is 0 Å². The fraction of sp³-hybridized carbons (Fsp3) is 0.0909. The predicted octanol–water partition coefficient (Wildman–Crippen LogP) is 1.88. The monoisotopic (exact) mass is 223 g/mol. The molecule has 0 radical (unpaired) electrons. The van der Waals surface area contributed by atoms with E-state index in [1.54, 1.807) is 0 Å². The predicted molar refractivity (Wildman–Crippen MR) is 57.4 cm³/mol. The number of hydrogen-bond acceptors (Lipinski definition) is 2. The molecule has 0 aliphatic carbocycles. The molecule has 1 aromatic rings. The van der Waals surface area contributed by atoms with E-state index in [4.69, 9.17) is 5.11 Å². The van der Waals surface area contributed by atoms with Crippen LogP contribution in [0.15, 0.2) is 24.3 Å². The average molecular weight is 223 g/mol. The van der Waals surface area contributed by atoms with Gasteiger partial charge in [-0.25, -0.2) is 9.18 Å². The van der Waals surface area contributed by atoms with E-state index in [1.165, 1.54) is 25.1 Å². The summed E-state index contributed by atoms with van der Waals surface area (Å²) >= 11 is 0. The van der Waals surface area contributed by atoms with E-state index < -0.39 is 11.8 Å². The van der Waals surface area contributed by atoms with E-state index in [2.05, 4.69) is 5.32 Å². The van der Waals surface area contributed by atoms with Gasteiger partial charge in [-0.2, -0.15) is 0 Å². The van der Waals surface area contributed by atoms with E-state index in [0.29, 0.717) is 11.3 Å². The van der Waals surface area contributed by atoms with E-state index >= 15 is 0 Å². The lowest BCUT2D eigenvalue weighted by molar-refractivity contribution is -0.131. The molecule has 0 aromatic heterocycles. The molecule has 4 nitrogen and oxygen atoms in total. The fourth-order valence-corrected chi connectivity index (χ4v) is 1.14. The molecule has 1 rings (SSSR count). The van der Waals surface area contributed by atoms with Crippen molar-refractivity contribution >= 4 is 23.6 Å². The lowest BCUT2D eigenvalue weighted by atomic mass is 10.1. The van der Waals surface area contributed by atoms with Crippen LogP contribution in [0.3, 0.4) is 0 Å². The number of nitrogens with one attached hydrogen (secondary N) is 1. The van der Waals surface area contributed by atoms with Gasteiger partial charge in [-0.15, -0.1) is 0 Å². The van der Waals surface area contributed by atoms with Crippen molar-refractivity contribution in [2.24, 2.45) is 0 Å². The molecule has 5 heteroatoms.